The lowest BCUT2D eigenvalue weighted by molar-refractivity contribution is -0.148. The van der Waals surface area contributed by atoms with Gasteiger partial charge in [0, 0.05) is 38.7 Å². The number of hydrogen-bond donors (Lipinski definition) is 0. The second-order valence-corrected chi connectivity index (χ2v) is 8.27. The van der Waals surface area contributed by atoms with E-state index in [1.807, 2.05) is 9.80 Å². The summed E-state index contributed by atoms with van der Waals surface area (Å²) >= 11 is 0. The minimum absolute atomic E-state index is 0.197. The van der Waals surface area contributed by atoms with Gasteiger partial charge < -0.3 is 14.5 Å². The molecule has 3 rings (SSSR count). The molecule has 0 aromatic rings. The molecule has 1 aliphatic carbocycles. The molecule has 2 saturated heterocycles. The fourth-order valence-electron chi connectivity index (χ4n) is 4.92. The van der Waals surface area contributed by atoms with Gasteiger partial charge in [-0.15, -0.1) is 0 Å². The summed E-state index contributed by atoms with van der Waals surface area (Å²) in [5, 5.41) is 0. The second kappa shape index (κ2) is 7.03. The van der Waals surface area contributed by atoms with Crippen LogP contribution in [0, 0.1) is 10.8 Å². The molecule has 0 bridgehead atoms. The van der Waals surface area contributed by atoms with Gasteiger partial charge in [-0.2, -0.15) is 0 Å². The van der Waals surface area contributed by atoms with Crippen LogP contribution in [0.2, 0.25) is 0 Å². The van der Waals surface area contributed by atoms with Gasteiger partial charge in [0.05, 0.1) is 12.0 Å². The van der Waals surface area contributed by atoms with Crippen LogP contribution in [0.5, 0.6) is 0 Å². The molecule has 1 spiro atoms. The van der Waals surface area contributed by atoms with Gasteiger partial charge >= 0.3 is 0 Å². The van der Waals surface area contributed by atoms with Crippen molar-refractivity contribution in [1.82, 2.24) is 9.80 Å². The Kier molecular flexibility index (Phi) is 5.19. The van der Waals surface area contributed by atoms with E-state index in [2.05, 4.69) is 6.92 Å². The molecule has 0 aromatic carbocycles. The largest absolute Gasteiger partial charge is 0.383 e. The maximum Gasteiger partial charge on any atom is 0.230 e. The maximum absolute atomic E-state index is 13.1. The average molecular weight is 336 g/mol. The van der Waals surface area contributed by atoms with Crippen molar-refractivity contribution in [3.8, 4) is 0 Å². The molecule has 0 aromatic heterocycles. The molecule has 1 saturated carbocycles. The number of hydrogen-bond acceptors (Lipinski definition) is 3. The van der Waals surface area contributed by atoms with Crippen LogP contribution in [0.4, 0.5) is 0 Å². The number of rotatable bonds is 4. The Labute approximate surface area is 145 Å². The van der Waals surface area contributed by atoms with E-state index in [9.17, 15) is 9.59 Å². The molecule has 1 atom stereocenters. The third-order valence-electron chi connectivity index (χ3n) is 6.50. The molecule has 3 aliphatic rings. The number of amides is 2. The normalized spacial score (nSPS) is 30.2. The van der Waals surface area contributed by atoms with Gasteiger partial charge in [0.25, 0.3) is 0 Å². The fourth-order valence-corrected chi connectivity index (χ4v) is 4.92. The minimum Gasteiger partial charge on any atom is -0.383 e. The lowest BCUT2D eigenvalue weighted by Gasteiger charge is -2.40. The van der Waals surface area contributed by atoms with Gasteiger partial charge in [0.1, 0.15) is 0 Å². The molecule has 5 heteroatoms. The van der Waals surface area contributed by atoms with Crippen molar-refractivity contribution in [3.63, 3.8) is 0 Å². The zero-order valence-corrected chi connectivity index (χ0v) is 15.3. The molecule has 24 heavy (non-hydrogen) atoms. The molecular formula is C19H32N2O3. The smallest absolute Gasteiger partial charge is 0.230 e. The van der Waals surface area contributed by atoms with Gasteiger partial charge in [0.15, 0.2) is 0 Å². The van der Waals surface area contributed by atoms with Crippen LogP contribution >= 0.6 is 0 Å². The summed E-state index contributed by atoms with van der Waals surface area (Å²) < 4.78 is 5.14. The Bertz CT molecular complexity index is 487. The lowest BCUT2D eigenvalue weighted by Crippen LogP contribution is -2.52. The summed E-state index contributed by atoms with van der Waals surface area (Å²) in [6.07, 6.45) is 8.36. The Balaban J connectivity index is 1.67. The topological polar surface area (TPSA) is 49.9 Å². The number of piperidine rings is 1. The van der Waals surface area contributed by atoms with Crippen molar-refractivity contribution in [2.24, 2.45) is 10.8 Å². The molecule has 136 valence electrons. The molecule has 2 amide bonds. The van der Waals surface area contributed by atoms with Crippen LogP contribution in [0.1, 0.15) is 58.3 Å². The molecule has 0 N–H and O–H groups in total. The Morgan fingerprint density at radius 1 is 1.08 bits per heavy atom. The zero-order valence-electron chi connectivity index (χ0n) is 15.3. The zero-order chi connectivity index (χ0) is 17.2. The van der Waals surface area contributed by atoms with E-state index < -0.39 is 0 Å². The highest BCUT2D eigenvalue weighted by atomic mass is 16.5. The van der Waals surface area contributed by atoms with Crippen LogP contribution in [-0.4, -0.2) is 61.5 Å². The van der Waals surface area contributed by atoms with E-state index >= 15 is 0 Å². The van der Waals surface area contributed by atoms with Crippen LogP contribution in [-0.2, 0) is 14.3 Å². The molecular weight excluding hydrogens is 304 g/mol. The molecule has 0 radical (unpaired) electrons. The summed E-state index contributed by atoms with van der Waals surface area (Å²) in [6.45, 7) is 5.59. The van der Waals surface area contributed by atoms with E-state index in [-0.39, 0.29) is 16.7 Å². The quantitative estimate of drug-likeness (QED) is 0.792. The SMILES string of the molecule is COCCN1CCC[C@]2(CCN(C(=O)C3(C)CCCCC3)C2)C1=O. The van der Waals surface area contributed by atoms with E-state index in [1.54, 1.807) is 7.11 Å². The first-order chi connectivity index (χ1) is 11.5. The van der Waals surface area contributed by atoms with Crippen molar-refractivity contribution in [1.29, 1.82) is 0 Å². The van der Waals surface area contributed by atoms with Crippen LogP contribution in [0.15, 0.2) is 0 Å². The third kappa shape index (κ3) is 3.19. The van der Waals surface area contributed by atoms with Crippen molar-refractivity contribution < 1.29 is 14.3 Å². The highest BCUT2D eigenvalue weighted by Crippen LogP contribution is 2.43. The monoisotopic (exact) mass is 336 g/mol. The second-order valence-electron chi connectivity index (χ2n) is 8.27. The first kappa shape index (κ1) is 17.7. The first-order valence-corrected chi connectivity index (χ1v) is 9.59. The summed E-state index contributed by atoms with van der Waals surface area (Å²) in [5.41, 5.74) is -0.524. The Hall–Kier alpha value is -1.10. The van der Waals surface area contributed by atoms with Crippen LogP contribution < -0.4 is 0 Å². The standard InChI is InChI=1S/C19H32N2O3/c1-18(7-4-3-5-8-18)16(22)21-12-10-19(15-21)9-6-11-20(17(19)23)13-14-24-2/h3-15H2,1-2H3/t19-/m1/s1. The van der Waals surface area contributed by atoms with Gasteiger partial charge in [-0.25, -0.2) is 0 Å². The van der Waals surface area contributed by atoms with Crippen molar-refractivity contribution in [2.75, 3.05) is 39.9 Å². The first-order valence-electron chi connectivity index (χ1n) is 9.59. The molecule has 0 unspecified atom stereocenters. The number of methoxy groups -OCH3 is 1. The van der Waals surface area contributed by atoms with E-state index in [0.717, 1.165) is 58.0 Å². The van der Waals surface area contributed by atoms with Crippen molar-refractivity contribution in [2.45, 2.75) is 58.3 Å². The number of carbonyl (C=O) groups is 2. The third-order valence-corrected chi connectivity index (χ3v) is 6.50. The van der Waals surface area contributed by atoms with Gasteiger partial charge in [-0.05, 0) is 32.1 Å². The predicted molar refractivity (Wildman–Crippen MR) is 92.5 cm³/mol. The van der Waals surface area contributed by atoms with Gasteiger partial charge in [-0.3, -0.25) is 9.59 Å². The van der Waals surface area contributed by atoms with Crippen molar-refractivity contribution in [3.05, 3.63) is 0 Å². The highest BCUT2D eigenvalue weighted by molar-refractivity contribution is 5.87. The summed E-state index contributed by atoms with van der Waals surface area (Å²) in [7, 11) is 1.67. The van der Waals surface area contributed by atoms with Crippen LogP contribution in [0.3, 0.4) is 0 Å². The molecule has 2 heterocycles. The average Bonchev–Trinajstić information content (AvgIpc) is 3.01. The molecule has 5 nitrogen and oxygen atoms in total. The minimum atomic E-state index is -0.327. The number of likely N-dealkylation sites (tertiary alicyclic amines) is 2. The molecule has 3 fully saturated rings. The van der Waals surface area contributed by atoms with Gasteiger partial charge in [0.2, 0.25) is 11.8 Å². The Morgan fingerprint density at radius 3 is 2.54 bits per heavy atom. The number of ether oxygens (including phenoxy) is 1. The van der Waals surface area contributed by atoms with Crippen LogP contribution in [0.25, 0.3) is 0 Å². The fraction of sp³-hybridized carbons (Fsp3) is 0.895. The van der Waals surface area contributed by atoms with Gasteiger partial charge in [-0.1, -0.05) is 26.2 Å². The van der Waals surface area contributed by atoms with E-state index in [4.69, 9.17) is 4.74 Å². The Morgan fingerprint density at radius 2 is 1.83 bits per heavy atom. The summed E-state index contributed by atoms with van der Waals surface area (Å²) in [6, 6.07) is 0. The maximum atomic E-state index is 13.1. The predicted octanol–water partition coefficient (Wildman–Crippen LogP) is 2.44. The summed E-state index contributed by atoms with van der Waals surface area (Å²) in [5.74, 6) is 0.538. The highest BCUT2D eigenvalue weighted by Gasteiger charge is 2.51. The number of nitrogens with zero attached hydrogens (tertiary/aromatic N) is 2. The van der Waals surface area contributed by atoms with Crippen molar-refractivity contribution >= 4 is 11.8 Å². The summed E-state index contributed by atoms with van der Waals surface area (Å²) in [4.78, 5) is 30.1. The lowest BCUT2D eigenvalue weighted by atomic mass is 9.74. The number of carbonyl (C=O) groups excluding carboxylic acids is 2. The van der Waals surface area contributed by atoms with E-state index in [0.29, 0.717) is 25.6 Å². The van der Waals surface area contributed by atoms with E-state index in [1.165, 1.54) is 6.42 Å². The molecule has 2 aliphatic heterocycles.